The van der Waals surface area contributed by atoms with Gasteiger partial charge < -0.3 is 9.52 Å². The number of rotatable bonds is 16. The van der Waals surface area contributed by atoms with Crippen molar-refractivity contribution in [2.24, 2.45) is 0 Å². The number of furan rings is 1. The summed E-state index contributed by atoms with van der Waals surface area (Å²) >= 11 is 0. The number of carbonyl (C=O) groups excluding carboxylic acids is 1. The van der Waals surface area contributed by atoms with Crippen LogP contribution in [0.4, 0.5) is 0 Å². The molecule has 0 aliphatic rings. The van der Waals surface area contributed by atoms with Crippen LogP contribution in [-0.4, -0.2) is 16.9 Å². The van der Waals surface area contributed by atoms with Crippen molar-refractivity contribution in [1.82, 2.24) is 0 Å². The number of carboxylic acids is 1. The molecule has 1 aromatic rings. The Bertz CT molecular complexity index is 747. The third-order valence-electron chi connectivity index (χ3n) is 4.66. The molecule has 1 N–H and O–H groups in total. The number of hydrogen-bond donors (Lipinski definition) is 1. The molecule has 0 bridgehead atoms. The highest BCUT2D eigenvalue weighted by Gasteiger charge is 2.12. The van der Waals surface area contributed by atoms with Crippen LogP contribution in [0, 0.1) is 0 Å². The predicted octanol–water partition coefficient (Wildman–Crippen LogP) is 7.54. The first kappa shape index (κ1) is 25.4. The van der Waals surface area contributed by atoms with Crippen molar-refractivity contribution >= 4 is 17.3 Å². The zero-order chi connectivity index (χ0) is 22.0. The summed E-state index contributed by atoms with van der Waals surface area (Å²) in [4.78, 5) is 22.9. The van der Waals surface area contributed by atoms with Crippen LogP contribution in [0.25, 0.3) is 5.57 Å². The quantitative estimate of drug-likeness (QED) is 0.132. The summed E-state index contributed by atoms with van der Waals surface area (Å²) in [6, 6.07) is 3.27. The fourth-order valence-corrected chi connectivity index (χ4v) is 2.98. The van der Waals surface area contributed by atoms with Crippen molar-refractivity contribution in [3.63, 3.8) is 0 Å². The van der Waals surface area contributed by atoms with E-state index in [1.807, 2.05) is 0 Å². The fourth-order valence-electron chi connectivity index (χ4n) is 2.98. The van der Waals surface area contributed by atoms with Crippen LogP contribution in [0.3, 0.4) is 0 Å². The monoisotopic (exact) mass is 412 g/mol. The summed E-state index contributed by atoms with van der Waals surface area (Å²) in [6.07, 6.45) is 24.4. The molecule has 4 heteroatoms. The maximum absolute atomic E-state index is 12.2. The number of Topliss-reactive ketones (excluding diaryl/α,β-unsaturated/α-hetero) is 1. The molecule has 0 spiro atoms. The van der Waals surface area contributed by atoms with Gasteiger partial charge in [-0.25, -0.2) is 4.79 Å². The second-order valence-corrected chi connectivity index (χ2v) is 7.35. The van der Waals surface area contributed by atoms with Gasteiger partial charge in [0.1, 0.15) is 5.76 Å². The number of carbonyl (C=O) groups is 2. The van der Waals surface area contributed by atoms with Gasteiger partial charge in [-0.2, -0.15) is 0 Å². The number of carboxylic acid groups (broad SMARTS) is 1. The van der Waals surface area contributed by atoms with Gasteiger partial charge >= 0.3 is 5.97 Å². The van der Waals surface area contributed by atoms with Crippen molar-refractivity contribution in [3.05, 3.63) is 66.2 Å². The van der Waals surface area contributed by atoms with Crippen LogP contribution in [-0.2, 0) is 4.79 Å². The molecule has 0 aliphatic heterocycles. The summed E-state index contributed by atoms with van der Waals surface area (Å²) < 4.78 is 5.49. The van der Waals surface area contributed by atoms with E-state index in [0.29, 0.717) is 23.5 Å². The van der Waals surface area contributed by atoms with E-state index in [9.17, 15) is 9.59 Å². The SMILES string of the molecule is CCC=CCC=CCC=CCCCCCCCC(=O)c1ccc(C(C)=CC(=O)O)o1. The summed E-state index contributed by atoms with van der Waals surface area (Å²) in [5.41, 5.74) is 0.496. The molecule has 164 valence electrons. The van der Waals surface area contributed by atoms with Gasteiger partial charge in [-0.05, 0) is 63.2 Å². The van der Waals surface area contributed by atoms with E-state index in [-0.39, 0.29) is 5.78 Å². The Balaban J connectivity index is 2.08. The van der Waals surface area contributed by atoms with Gasteiger partial charge in [0.05, 0.1) is 0 Å². The first-order valence-corrected chi connectivity index (χ1v) is 11.0. The molecule has 0 saturated carbocycles. The first-order valence-electron chi connectivity index (χ1n) is 11.0. The molecule has 0 atom stereocenters. The van der Waals surface area contributed by atoms with Crippen LogP contribution in [0.15, 0.2) is 59.1 Å². The van der Waals surface area contributed by atoms with E-state index >= 15 is 0 Å². The fraction of sp³-hybridized carbons (Fsp3) is 0.462. The molecule has 1 aromatic heterocycles. The lowest BCUT2D eigenvalue weighted by Gasteiger charge is -2.00. The Hall–Kier alpha value is -2.62. The van der Waals surface area contributed by atoms with Gasteiger partial charge in [-0.1, -0.05) is 62.6 Å². The average Bonchev–Trinajstić information content (AvgIpc) is 3.21. The number of unbranched alkanes of at least 4 members (excludes halogenated alkanes) is 5. The van der Waals surface area contributed by atoms with Crippen LogP contribution in [0.2, 0.25) is 0 Å². The lowest BCUT2D eigenvalue weighted by molar-refractivity contribution is -0.131. The molecule has 4 nitrogen and oxygen atoms in total. The lowest BCUT2D eigenvalue weighted by atomic mass is 10.1. The molecular formula is C26H36O4. The zero-order valence-electron chi connectivity index (χ0n) is 18.4. The molecule has 0 amide bonds. The second kappa shape index (κ2) is 16.2. The minimum atomic E-state index is -1.03. The van der Waals surface area contributed by atoms with Crippen LogP contribution < -0.4 is 0 Å². The normalized spacial score (nSPS) is 12.5. The average molecular weight is 413 g/mol. The summed E-state index contributed by atoms with van der Waals surface area (Å²) in [6.45, 7) is 3.80. The minimum absolute atomic E-state index is 0.0226. The molecule has 30 heavy (non-hydrogen) atoms. The molecule has 1 heterocycles. The van der Waals surface area contributed by atoms with Gasteiger partial charge in [-0.3, -0.25) is 4.79 Å². The van der Waals surface area contributed by atoms with Crippen molar-refractivity contribution in [2.75, 3.05) is 0 Å². The highest BCUT2D eigenvalue weighted by molar-refractivity contribution is 5.94. The van der Waals surface area contributed by atoms with E-state index in [1.54, 1.807) is 19.1 Å². The Morgan fingerprint density at radius 3 is 2.17 bits per heavy atom. The number of hydrogen-bond acceptors (Lipinski definition) is 3. The van der Waals surface area contributed by atoms with Crippen molar-refractivity contribution in [1.29, 1.82) is 0 Å². The molecular weight excluding hydrogens is 376 g/mol. The van der Waals surface area contributed by atoms with Crippen LogP contribution in [0.1, 0.15) is 94.4 Å². The highest BCUT2D eigenvalue weighted by atomic mass is 16.4. The largest absolute Gasteiger partial charge is 0.478 e. The minimum Gasteiger partial charge on any atom is -0.478 e. The van der Waals surface area contributed by atoms with Gasteiger partial charge in [0.2, 0.25) is 0 Å². The summed E-state index contributed by atoms with van der Waals surface area (Å²) in [5, 5.41) is 8.77. The van der Waals surface area contributed by atoms with Gasteiger partial charge in [0.25, 0.3) is 0 Å². The van der Waals surface area contributed by atoms with Crippen LogP contribution >= 0.6 is 0 Å². The van der Waals surface area contributed by atoms with Crippen LogP contribution in [0.5, 0.6) is 0 Å². The van der Waals surface area contributed by atoms with Crippen molar-refractivity contribution in [3.8, 4) is 0 Å². The Labute approximate surface area is 181 Å². The standard InChI is InChI=1S/C26H36O4/c1-3-4-5-6-7-8-9-10-11-12-13-14-15-16-17-18-23(27)25-20-19-24(30-25)22(2)21-26(28)29/h4-5,7-8,10-11,19-21H,3,6,9,12-18H2,1-2H3,(H,28,29). The third-order valence-corrected chi connectivity index (χ3v) is 4.66. The summed E-state index contributed by atoms with van der Waals surface area (Å²) in [7, 11) is 0. The topological polar surface area (TPSA) is 67.5 Å². The number of allylic oxidation sites excluding steroid dienone is 7. The second-order valence-electron chi connectivity index (χ2n) is 7.35. The van der Waals surface area contributed by atoms with E-state index in [4.69, 9.17) is 9.52 Å². The van der Waals surface area contributed by atoms with E-state index in [1.165, 1.54) is 12.8 Å². The predicted molar refractivity (Wildman–Crippen MR) is 124 cm³/mol. The maximum Gasteiger partial charge on any atom is 0.328 e. The summed E-state index contributed by atoms with van der Waals surface area (Å²) in [5.74, 6) is -0.313. The molecule has 0 aromatic carbocycles. The molecule has 0 radical (unpaired) electrons. The Kier molecular flexibility index (Phi) is 13.7. The molecule has 0 saturated heterocycles. The van der Waals surface area contributed by atoms with Crippen molar-refractivity contribution < 1.29 is 19.1 Å². The van der Waals surface area contributed by atoms with Gasteiger partial charge in [0, 0.05) is 12.5 Å². The lowest BCUT2D eigenvalue weighted by Crippen LogP contribution is -1.97. The van der Waals surface area contributed by atoms with E-state index < -0.39 is 5.97 Å². The van der Waals surface area contributed by atoms with E-state index in [2.05, 4.69) is 43.4 Å². The Morgan fingerprint density at radius 1 is 0.867 bits per heavy atom. The first-order chi connectivity index (χ1) is 14.5. The van der Waals surface area contributed by atoms with Crippen molar-refractivity contribution in [2.45, 2.75) is 78.1 Å². The highest BCUT2D eigenvalue weighted by Crippen LogP contribution is 2.19. The third kappa shape index (κ3) is 12.1. The Morgan fingerprint density at radius 2 is 1.47 bits per heavy atom. The zero-order valence-corrected chi connectivity index (χ0v) is 18.4. The molecule has 0 unspecified atom stereocenters. The number of aliphatic carboxylic acids is 1. The van der Waals surface area contributed by atoms with Gasteiger partial charge in [0.15, 0.2) is 11.5 Å². The maximum atomic E-state index is 12.2. The smallest absolute Gasteiger partial charge is 0.328 e. The van der Waals surface area contributed by atoms with Gasteiger partial charge in [-0.15, -0.1) is 0 Å². The number of ketones is 1. The molecule has 0 fully saturated rings. The molecule has 0 aliphatic carbocycles. The molecule has 1 rings (SSSR count). The van der Waals surface area contributed by atoms with E-state index in [0.717, 1.165) is 51.0 Å².